The molecule has 2 aromatic rings. The van der Waals surface area contributed by atoms with Crippen molar-refractivity contribution in [1.82, 2.24) is 5.32 Å². The molecule has 4 rings (SSSR count). The SMILES string of the molecule is O=C(NC1CCCCCC1)c1ccccc1N1C(=O)c2ccccc2C1=O. The molecule has 1 saturated carbocycles. The van der Waals surface area contributed by atoms with Crippen LogP contribution in [0.25, 0.3) is 0 Å². The van der Waals surface area contributed by atoms with E-state index in [2.05, 4.69) is 5.32 Å². The second-order valence-corrected chi connectivity index (χ2v) is 7.17. The van der Waals surface area contributed by atoms with Crippen molar-refractivity contribution in [3.63, 3.8) is 0 Å². The summed E-state index contributed by atoms with van der Waals surface area (Å²) in [7, 11) is 0. The van der Waals surface area contributed by atoms with E-state index in [1.165, 1.54) is 12.8 Å². The van der Waals surface area contributed by atoms with E-state index >= 15 is 0 Å². The minimum absolute atomic E-state index is 0.148. The van der Waals surface area contributed by atoms with Crippen LogP contribution in [0, 0.1) is 0 Å². The van der Waals surface area contributed by atoms with Crippen molar-refractivity contribution >= 4 is 23.4 Å². The van der Waals surface area contributed by atoms with Gasteiger partial charge in [0.15, 0.2) is 0 Å². The number of benzene rings is 2. The number of nitrogens with zero attached hydrogens (tertiary/aromatic N) is 1. The normalized spacial score (nSPS) is 17.6. The third-order valence-electron chi connectivity index (χ3n) is 5.37. The topological polar surface area (TPSA) is 66.5 Å². The van der Waals surface area contributed by atoms with Gasteiger partial charge in [0.1, 0.15) is 0 Å². The number of imide groups is 1. The van der Waals surface area contributed by atoms with Gasteiger partial charge in [-0.05, 0) is 37.1 Å². The highest BCUT2D eigenvalue weighted by Gasteiger charge is 2.38. The van der Waals surface area contributed by atoms with Crippen molar-refractivity contribution < 1.29 is 14.4 Å². The third kappa shape index (κ3) is 3.25. The van der Waals surface area contributed by atoms with Crippen LogP contribution in [-0.2, 0) is 0 Å². The minimum Gasteiger partial charge on any atom is -0.349 e. The van der Waals surface area contributed by atoms with Gasteiger partial charge in [0.05, 0.1) is 22.4 Å². The van der Waals surface area contributed by atoms with Gasteiger partial charge in [-0.2, -0.15) is 0 Å². The van der Waals surface area contributed by atoms with Gasteiger partial charge < -0.3 is 5.32 Å². The van der Waals surface area contributed by atoms with Crippen molar-refractivity contribution in [3.8, 4) is 0 Å². The van der Waals surface area contributed by atoms with Crippen LogP contribution in [0.2, 0.25) is 0 Å². The maximum atomic E-state index is 12.9. The zero-order valence-corrected chi connectivity index (χ0v) is 15.1. The lowest BCUT2D eigenvalue weighted by Crippen LogP contribution is -2.37. The summed E-state index contributed by atoms with van der Waals surface area (Å²) in [5.41, 5.74) is 1.45. The van der Waals surface area contributed by atoms with Gasteiger partial charge in [0, 0.05) is 6.04 Å². The van der Waals surface area contributed by atoms with E-state index in [4.69, 9.17) is 0 Å². The van der Waals surface area contributed by atoms with Gasteiger partial charge in [-0.3, -0.25) is 14.4 Å². The van der Waals surface area contributed by atoms with Crippen molar-refractivity contribution in [2.24, 2.45) is 0 Å². The monoisotopic (exact) mass is 362 g/mol. The Hall–Kier alpha value is -2.95. The van der Waals surface area contributed by atoms with Crippen molar-refractivity contribution in [2.45, 2.75) is 44.6 Å². The summed E-state index contributed by atoms with van der Waals surface area (Å²) in [4.78, 5) is 39.6. The van der Waals surface area contributed by atoms with E-state index in [1.807, 2.05) is 0 Å². The van der Waals surface area contributed by atoms with Crippen LogP contribution in [0.4, 0.5) is 5.69 Å². The molecule has 1 heterocycles. The highest BCUT2D eigenvalue weighted by Crippen LogP contribution is 2.31. The first-order valence-electron chi connectivity index (χ1n) is 9.54. The molecule has 0 radical (unpaired) electrons. The molecule has 1 aliphatic carbocycles. The lowest BCUT2D eigenvalue weighted by molar-refractivity contribution is 0.0926. The molecule has 1 fully saturated rings. The summed E-state index contributed by atoms with van der Waals surface area (Å²) in [6.45, 7) is 0. The number of amides is 3. The largest absolute Gasteiger partial charge is 0.349 e. The lowest BCUT2D eigenvalue weighted by atomic mass is 10.1. The summed E-state index contributed by atoms with van der Waals surface area (Å²) in [5, 5.41) is 3.10. The van der Waals surface area contributed by atoms with Crippen LogP contribution in [0.5, 0.6) is 0 Å². The second-order valence-electron chi connectivity index (χ2n) is 7.17. The fraction of sp³-hybridized carbons (Fsp3) is 0.318. The molecule has 5 nitrogen and oxygen atoms in total. The van der Waals surface area contributed by atoms with Crippen LogP contribution in [0.15, 0.2) is 48.5 Å². The molecule has 5 heteroatoms. The molecular formula is C22H22N2O3. The average Bonchev–Trinajstić information content (AvgIpc) is 2.85. The summed E-state index contributed by atoms with van der Waals surface area (Å²) >= 11 is 0. The number of carbonyl (C=O) groups is 3. The van der Waals surface area contributed by atoms with Crippen LogP contribution in [0.3, 0.4) is 0 Å². The molecule has 138 valence electrons. The summed E-state index contributed by atoms with van der Waals surface area (Å²) in [5.74, 6) is -0.996. The first-order valence-corrected chi connectivity index (χ1v) is 9.54. The summed E-state index contributed by atoms with van der Waals surface area (Å²) in [6.07, 6.45) is 6.59. The minimum atomic E-state index is -0.384. The van der Waals surface area contributed by atoms with Crippen LogP contribution >= 0.6 is 0 Å². The summed E-state index contributed by atoms with van der Waals surface area (Å²) in [6, 6.07) is 13.7. The number of rotatable bonds is 3. The Morgan fingerprint density at radius 1 is 0.815 bits per heavy atom. The Kier molecular flexibility index (Phi) is 4.75. The number of hydrogen-bond donors (Lipinski definition) is 1. The van der Waals surface area contributed by atoms with E-state index in [0.29, 0.717) is 22.4 Å². The van der Waals surface area contributed by atoms with Crippen LogP contribution in [-0.4, -0.2) is 23.8 Å². The molecule has 2 aromatic carbocycles. The van der Waals surface area contributed by atoms with Crippen LogP contribution in [0.1, 0.15) is 69.6 Å². The first-order chi connectivity index (χ1) is 13.2. The molecule has 27 heavy (non-hydrogen) atoms. The standard InChI is InChI=1S/C22H22N2O3/c25-20(23-15-9-3-1-2-4-10-15)18-13-7-8-14-19(18)24-21(26)16-11-5-6-12-17(16)22(24)27/h5-8,11-15H,1-4,9-10H2,(H,23,25). The molecule has 0 saturated heterocycles. The molecule has 0 aromatic heterocycles. The number of nitrogens with one attached hydrogen (secondary N) is 1. The molecule has 1 N–H and O–H groups in total. The third-order valence-corrected chi connectivity index (χ3v) is 5.37. The summed E-state index contributed by atoms with van der Waals surface area (Å²) < 4.78 is 0. The zero-order chi connectivity index (χ0) is 18.8. The number of carbonyl (C=O) groups excluding carboxylic acids is 3. The molecule has 0 spiro atoms. The first kappa shape index (κ1) is 17.5. The highest BCUT2D eigenvalue weighted by molar-refractivity contribution is 6.35. The Bertz CT molecular complexity index is 863. The van der Waals surface area contributed by atoms with E-state index in [9.17, 15) is 14.4 Å². The second kappa shape index (κ2) is 7.35. The van der Waals surface area contributed by atoms with Gasteiger partial charge >= 0.3 is 0 Å². The molecule has 0 atom stereocenters. The van der Waals surface area contributed by atoms with Gasteiger partial charge in [-0.15, -0.1) is 0 Å². The molecule has 1 aliphatic heterocycles. The van der Waals surface area contributed by atoms with E-state index in [-0.39, 0.29) is 23.8 Å². The average molecular weight is 362 g/mol. The fourth-order valence-electron chi connectivity index (χ4n) is 3.96. The van der Waals surface area contributed by atoms with E-state index in [0.717, 1.165) is 30.6 Å². The predicted octanol–water partition coefficient (Wildman–Crippen LogP) is 3.94. The molecule has 2 aliphatic rings. The molecule has 0 unspecified atom stereocenters. The Morgan fingerprint density at radius 2 is 1.37 bits per heavy atom. The van der Waals surface area contributed by atoms with Gasteiger partial charge in [0.25, 0.3) is 17.7 Å². The predicted molar refractivity (Wildman–Crippen MR) is 103 cm³/mol. The Balaban J connectivity index is 1.63. The number of anilines is 1. The highest BCUT2D eigenvalue weighted by atomic mass is 16.2. The molecule has 3 amide bonds. The van der Waals surface area contributed by atoms with Gasteiger partial charge in [-0.1, -0.05) is 49.9 Å². The van der Waals surface area contributed by atoms with Crippen molar-refractivity contribution in [3.05, 3.63) is 65.2 Å². The van der Waals surface area contributed by atoms with Crippen molar-refractivity contribution in [1.29, 1.82) is 0 Å². The Morgan fingerprint density at radius 3 is 2.00 bits per heavy atom. The lowest BCUT2D eigenvalue weighted by Gasteiger charge is -2.20. The van der Waals surface area contributed by atoms with E-state index < -0.39 is 0 Å². The maximum Gasteiger partial charge on any atom is 0.266 e. The number of fused-ring (bicyclic) bond motifs is 1. The van der Waals surface area contributed by atoms with Crippen molar-refractivity contribution in [2.75, 3.05) is 4.90 Å². The fourth-order valence-corrected chi connectivity index (χ4v) is 3.96. The maximum absolute atomic E-state index is 12.9. The quantitative estimate of drug-likeness (QED) is 0.664. The van der Waals surface area contributed by atoms with E-state index in [1.54, 1.807) is 48.5 Å². The number of para-hydroxylation sites is 1. The smallest absolute Gasteiger partial charge is 0.266 e. The van der Waals surface area contributed by atoms with Gasteiger partial charge in [0.2, 0.25) is 0 Å². The van der Waals surface area contributed by atoms with Crippen LogP contribution < -0.4 is 10.2 Å². The zero-order valence-electron chi connectivity index (χ0n) is 15.1. The molecular weight excluding hydrogens is 340 g/mol. The Labute approximate surface area is 158 Å². The number of hydrogen-bond acceptors (Lipinski definition) is 3. The van der Waals surface area contributed by atoms with Gasteiger partial charge in [-0.25, -0.2) is 4.90 Å². The molecule has 0 bridgehead atoms.